The molecule has 4 rings (SSSR count). The van der Waals surface area contributed by atoms with Gasteiger partial charge in [0.2, 0.25) is 5.95 Å². The molecule has 5 N–H and O–H groups in total. The molecule has 0 saturated heterocycles. The number of nitrogen functional groups attached to an aromatic ring is 1. The van der Waals surface area contributed by atoms with E-state index in [-0.39, 0.29) is 19.0 Å². The van der Waals surface area contributed by atoms with E-state index in [1.54, 1.807) is 72.8 Å². The van der Waals surface area contributed by atoms with Crippen LogP contribution in [-0.2, 0) is 13.1 Å². The van der Waals surface area contributed by atoms with Gasteiger partial charge < -0.3 is 26.0 Å². The maximum absolute atomic E-state index is 13.2. The van der Waals surface area contributed by atoms with Crippen LogP contribution in [0, 0.1) is 0 Å². The van der Waals surface area contributed by atoms with Gasteiger partial charge in [0.1, 0.15) is 11.5 Å². The van der Waals surface area contributed by atoms with E-state index in [9.17, 15) is 14.7 Å². The van der Waals surface area contributed by atoms with Gasteiger partial charge in [-0.15, -0.1) is 0 Å². The summed E-state index contributed by atoms with van der Waals surface area (Å²) in [5.41, 5.74) is 6.08. The molecule has 11 heteroatoms. The first-order valence-electron chi connectivity index (χ1n) is 11.0. The summed E-state index contributed by atoms with van der Waals surface area (Å²) in [6.45, 7) is -0.910. The zero-order valence-electron chi connectivity index (χ0n) is 19.0. The minimum atomic E-state index is -1.28. The molecule has 36 heavy (non-hydrogen) atoms. The van der Waals surface area contributed by atoms with Gasteiger partial charge in [0.15, 0.2) is 0 Å². The molecular weight excluding hydrogens is 486 g/mol. The van der Waals surface area contributed by atoms with Crippen LogP contribution < -0.4 is 27.2 Å². The van der Waals surface area contributed by atoms with Crippen LogP contribution in [0.4, 0.5) is 17.3 Å². The third-order valence-electron chi connectivity index (χ3n) is 5.23. The minimum Gasteiger partial charge on any atom is -0.457 e. The van der Waals surface area contributed by atoms with Gasteiger partial charge in [-0.3, -0.25) is 4.57 Å². The van der Waals surface area contributed by atoms with E-state index in [4.69, 9.17) is 27.2 Å². The Kier molecular flexibility index (Phi) is 7.69. The van der Waals surface area contributed by atoms with Crippen molar-refractivity contribution in [2.24, 2.45) is 0 Å². The van der Waals surface area contributed by atoms with E-state index in [0.29, 0.717) is 27.9 Å². The molecule has 1 heterocycles. The number of benzene rings is 3. The molecule has 1 aromatic heterocycles. The highest BCUT2D eigenvalue weighted by Gasteiger charge is 2.16. The Morgan fingerprint density at radius 2 is 1.56 bits per heavy atom. The zero-order chi connectivity index (χ0) is 25.7. The van der Waals surface area contributed by atoms with Crippen molar-refractivity contribution in [3.05, 3.63) is 104 Å². The third kappa shape index (κ3) is 6.11. The topological polar surface area (TPSA) is 145 Å². The lowest BCUT2D eigenvalue weighted by Gasteiger charge is -2.17. The third-order valence-corrected chi connectivity index (χ3v) is 5.49. The van der Waals surface area contributed by atoms with Gasteiger partial charge in [0, 0.05) is 16.4 Å². The van der Waals surface area contributed by atoms with E-state index < -0.39 is 24.1 Å². The number of aliphatic hydroxyl groups is 2. The summed E-state index contributed by atoms with van der Waals surface area (Å²) in [5, 5.41) is 22.5. The van der Waals surface area contributed by atoms with Gasteiger partial charge in [-0.25, -0.2) is 14.2 Å². The summed E-state index contributed by atoms with van der Waals surface area (Å²) in [7, 11) is 0. The fourth-order valence-corrected chi connectivity index (χ4v) is 3.50. The van der Waals surface area contributed by atoms with Crippen molar-refractivity contribution in [1.29, 1.82) is 0 Å². The first kappa shape index (κ1) is 25.0. The molecule has 0 bridgehead atoms. The molecule has 0 spiro atoms. The van der Waals surface area contributed by atoms with Gasteiger partial charge in [-0.1, -0.05) is 23.7 Å². The lowest BCUT2D eigenvalue weighted by atomic mass is 10.2. The molecular formula is C25H24ClN5O5. The molecule has 1 atom stereocenters. The van der Waals surface area contributed by atoms with E-state index in [1.807, 2.05) is 0 Å². The zero-order valence-corrected chi connectivity index (χ0v) is 19.8. The van der Waals surface area contributed by atoms with E-state index in [1.165, 1.54) is 4.57 Å². The second-order valence-corrected chi connectivity index (χ2v) is 8.42. The second kappa shape index (κ2) is 11.1. The smallest absolute Gasteiger partial charge is 0.355 e. The summed E-state index contributed by atoms with van der Waals surface area (Å²) < 4.78 is 7.84. The number of anilines is 3. The first-order valence-corrected chi connectivity index (χ1v) is 11.4. The predicted molar refractivity (Wildman–Crippen MR) is 137 cm³/mol. The van der Waals surface area contributed by atoms with Gasteiger partial charge in [0.25, 0.3) is 0 Å². The number of nitrogens with zero attached hydrogens (tertiary/aromatic N) is 3. The van der Waals surface area contributed by atoms with Crippen LogP contribution >= 0.6 is 11.6 Å². The number of halogens is 1. The number of nitrogens with two attached hydrogens (primary N) is 1. The number of aliphatic hydroxyl groups excluding tert-OH is 2. The standard InChI is InChI=1S/C25H24ClN5O5/c26-17-3-1-16(2-4-17)13-30-23(29-24(34)31(25(30)35)14-20(33)15-32)28-19-7-11-22(12-8-19)36-21-9-5-18(27)6-10-21/h1-12,20,32-33H,13-15,27H2,(H,28,29,34)/t20-/m0/s1. The van der Waals surface area contributed by atoms with E-state index in [0.717, 1.165) is 10.1 Å². The maximum Gasteiger partial charge on any atom is 0.355 e. The van der Waals surface area contributed by atoms with Crippen LogP contribution in [-0.4, -0.2) is 37.0 Å². The monoisotopic (exact) mass is 509 g/mol. The SMILES string of the molecule is Nc1ccc(Oc2ccc(Nc3nc(=O)n(C[C@H](O)CO)c(=O)n3Cc3ccc(Cl)cc3)cc2)cc1. The quantitative estimate of drug-likeness (QED) is 0.252. The van der Waals surface area contributed by atoms with Crippen molar-refractivity contribution in [2.75, 3.05) is 17.7 Å². The van der Waals surface area contributed by atoms with Gasteiger partial charge in [-0.2, -0.15) is 4.98 Å². The average molecular weight is 510 g/mol. The molecule has 0 radical (unpaired) electrons. The largest absolute Gasteiger partial charge is 0.457 e. The molecule has 0 aliphatic heterocycles. The highest BCUT2D eigenvalue weighted by atomic mass is 35.5. The minimum absolute atomic E-state index is 0.0156. The maximum atomic E-state index is 13.2. The molecule has 0 fully saturated rings. The summed E-state index contributed by atoms with van der Waals surface area (Å²) in [6, 6.07) is 20.7. The summed E-state index contributed by atoms with van der Waals surface area (Å²) in [4.78, 5) is 29.8. The fourth-order valence-electron chi connectivity index (χ4n) is 3.37. The lowest BCUT2D eigenvalue weighted by molar-refractivity contribution is 0.0785. The Balaban J connectivity index is 1.64. The van der Waals surface area contributed by atoms with E-state index >= 15 is 0 Å². The Morgan fingerprint density at radius 3 is 2.17 bits per heavy atom. The van der Waals surface area contributed by atoms with E-state index in [2.05, 4.69) is 10.3 Å². The van der Waals surface area contributed by atoms with Crippen LogP contribution in [0.15, 0.2) is 82.4 Å². The number of hydrogen-bond acceptors (Lipinski definition) is 8. The molecule has 4 aromatic rings. The predicted octanol–water partition coefficient (Wildman–Crippen LogP) is 2.58. The Morgan fingerprint density at radius 1 is 0.944 bits per heavy atom. The summed E-state index contributed by atoms with van der Waals surface area (Å²) in [6.07, 6.45) is -1.28. The molecule has 0 aliphatic carbocycles. The van der Waals surface area contributed by atoms with Crippen molar-refractivity contribution in [3.63, 3.8) is 0 Å². The van der Waals surface area contributed by atoms with Gasteiger partial charge in [-0.05, 0) is 66.2 Å². The fraction of sp³-hybridized carbons (Fsp3) is 0.160. The van der Waals surface area contributed by atoms with Crippen molar-refractivity contribution in [2.45, 2.75) is 19.2 Å². The highest BCUT2D eigenvalue weighted by Crippen LogP contribution is 2.24. The molecule has 0 unspecified atom stereocenters. The normalized spacial score (nSPS) is 11.8. The van der Waals surface area contributed by atoms with Crippen LogP contribution in [0.25, 0.3) is 0 Å². The van der Waals surface area contributed by atoms with Crippen LogP contribution in [0.3, 0.4) is 0 Å². The number of rotatable bonds is 9. The van der Waals surface area contributed by atoms with Gasteiger partial charge >= 0.3 is 11.4 Å². The number of hydrogen-bond donors (Lipinski definition) is 4. The van der Waals surface area contributed by atoms with Crippen LogP contribution in [0.5, 0.6) is 11.5 Å². The number of ether oxygens (including phenoxy) is 1. The molecule has 0 saturated carbocycles. The molecule has 0 amide bonds. The number of nitrogens with one attached hydrogen (secondary N) is 1. The second-order valence-electron chi connectivity index (χ2n) is 7.98. The number of aromatic nitrogens is 3. The Bertz CT molecular complexity index is 1430. The summed E-state index contributed by atoms with van der Waals surface area (Å²) >= 11 is 5.97. The average Bonchev–Trinajstić information content (AvgIpc) is 2.87. The molecule has 186 valence electrons. The van der Waals surface area contributed by atoms with Crippen molar-refractivity contribution < 1.29 is 14.9 Å². The van der Waals surface area contributed by atoms with Gasteiger partial charge in [0.05, 0.1) is 25.8 Å². The lowest BCUT2D eigenvalue weighted by Crippen LogP contribution is -2.45. The molecule has 0 aliphatic rings. The molecule has 10 nitrogen and oxygen atoms in total. The van der Waals surface area contributed by atoms with Crippen LogP contribution in [0.1, 0.15) is 5.56 Å². The van der Waals surface area contributed by atoms with Crippen molar-refractivity contribution >= 4 is 28.9 Å². The van der Waals surface area contributed by atoms with Crippen LogP contribution in [0.2, 0.25) is 5.02 Å². The highest BCUT2D eigenvalue weighted by molar-refractivity contribution is 6.30. The Labute approximate surface area is 210 Å². The molecule has 3 aromatic carbocycles. The Hall–Kier alpha value is -4.12. The first-order chi connectivity index (χ1) is 17.3. The van der Waals surface area contributed by atoms with Crippen molar-refractivity contribution in [1.82, 2.24) is 14.1 Å². The summed E-state index contributed by atoms with van der Waals surface area (Å²) in [5.74, 6) is 1.21. The van der Waals surface area contributed by atoms with Crippen molar-refractivity contribution in [3.8, 4) is 11.5 Å².